The van der Waals surface area contributed by atoms with Crippen molar-refractivity contribution < 1.29 is 9.59 Å². The summed E-state index contributed by atoms with van der Waals surface area (Å²) in [6.45, 7) is 8.09. The molecule has 2 amide bonds. The normalized spacial score (nSPS) is 16.9. The third-order valence-electron chi connectivity index (χ3n) is 4.45. The molecule has 126 valence electrons. The summed E-state index contributed by atoms with van der Waals surface area (Å²) in [7, 11) is 0. The van der Waals surface area contributed by atoms with E-state index in [9.17, 15) is 9.59 Å². The van der Waals surface area contributed by atoms with Crippen LogP contribution in [0, 0.1) is 5.92 Å². The molecule has 1 saturated heterocycles. The molecule has 0 spiro atoms. The molecule has 0 radical (unpaired) electrons. The molecular formula is C18H27N3O2. The third kappa shape index (κ3) is 5.36. The third-order valence-corrected chi connectivity index (χ3v) is 4.45. The van der Waals surface area contributed by atoms with Crippen molar-refractivity contribution in [2.75, 3.05) is 32.7 Å². The lowest BCUT2D eigenvalue weighted by Crippen LogP contribution is -2.51. The standard InChI is InChI=1S/C18H27N3O2/c1-3-15(2)18(23)19-13-17(22)21-11-9-20(10-12-21)14-16-7-5-4-6-8-16/h4-8,15H,3,9-14H2,1-2H3,(H,19,23)/t15-/m0/s1. The van der Waals surface area contributed by atoms with Gasteiger partial charge in [0, 0.05) is 38.6 Å². The van der Waals surface area contributed by atoms with E-state index >= 15 is 0 Å². The second-order valence-corrected chi connectivity index (χ2v) is 6.17. The number of benzene rings is 1. The van der Waals surface area contributed by atoms with Gasteiger partial charge in [0.15, 0.2) is 0 Å². The van der Waals surface area contributed by atoms with Gasteiger partial charge in [0.25, 0.3) is 0 Å². The number of hydrogen-bond donors (Lipinski definition) is 1. The Morgan fingerprint density at radius 3 is 2.39 bits per heavy atom. The van der Waals surface area contributed by atoms with Crippen LogP contribution in [0.4, 0.5) is 0 Å². The lowest BCUT2D eigenvalue weighted by Gasteiger charge is -2.34. The predicted molar refractivity (Wildman–Crippen MR) is 90.8 cm³/mol. The fraction of sp³-hybridized carbons (Fsp3) is 0.556. The summed E-state index contributed by atoms with van der Waals surface area (Å²) < 4.78 is 0. The van der Waals surface area contributed by atoms with Gasteiger partial charge < -0.3 is 10.2 Å². The number of carbonyl (C=O) groups is 2. The summed E-state index contributed by atoms with van der Waals surface area (Å²) >= 11 is 0. The van der Waals surface area contributed by atoms with Gasteiger partial charge >= 0.3 is 0 Å². The highest BCUT2D eigenvalue weighted by Crippen LogP contribution is 2.08. The SMILES string of the molecule is CC[C@H](C)C(=O)NCC(=O)N1CCN(Cc2ccccc2)CC1. The second-order valence-electron chi connectivity index (χ2n) is 6.17. The zero-order valence-corrected chi connectivity index (χ0v) is 14.1. The Bertz CT molecular complexity index is 510. The van der Waals surface area contributed by atoms with Crippen LogP contribution in [0.1, 0.15) is 25.8 Å². The molecule has 0 bridgehead atoms. The van der Waals surface area contributed by atoms with Gasteiger partial charge in [-0.2, -0.15) is 0 Å². The number of rotatable bonds is 6. The van der Waals surface area contributed by atoms with Crippen LogP contribution in [-0.4, -0.2) is 54.3 Å². The Kier molecular flexibility index (Phi) is 6.59. The van der Waals surface area contributed by atoms with E-state index in [-0.39, 0.29) is 24.3 Å². The van der Waals surface area contributed by atoms with Crippen molar-refractivity contribution >= 4 is 11.8 Å². The van der Waals surface area contributed by atoms with Gasteiger partial charge in [0.1, 0.15) is 0 Å². The highest BCUT2D eigenvalue weighted by Gasteiger charge is 2.21. The minimum Gasteiger partial charge on any atom is -0.347 e. The van der Waals surface area contributed by atoms with Crippen LogP contribution < -0.4 is 5.32 Å². The zero-order valence-electron chi connectivity index (χ0n) is 14.1. The summed E-state index contributed by atoms with van der Waals surface area (Å²) in [6, 6.07) is 10.4. The predicted octanol–water partition coefficient (Wildman–Crippen LogP) is 1.49. The Hall–Kier alpha value is -1.88. The first-order valence-electron chi connectivity index (χ1n) is 8.42. The molecule has 1 atom stereocenters. The Morgan fingerprint density at radius 2 is 1.78 bits per heavy atom. The second kappa shape index (κ2) is 8.67. The molecular weight excluding hydrogens is 290 g/mol. The number of hydrogen-bond acceptors (Lipinski definition) is 3. The van der Waals surface area contributed by atoms with E-state index in [2.05, 4.69) is 34.5 Å². The molecule has 1 heterocycles. The Balaban J connectivity index is 1.71. The zero-order chi connectivity index (χ0) is 16.7. The van der Waals surface area contributed by atoms with Gasteiger partial charge in [-0.15, -0.1) is 0 Å². The van der Waals surface area contributed by atoms with Crippen LogP contribution in [-0.2, 0) is 16.1 Å². The molecule has 1 aromatic rings. The highest BCUT2D eigenvalue weighted by molar-refractivity contribution is 5.85. The molecule has 1 aliphatic rings. The molecule has 1 N–H and O–H groups in total. The maximum absolute atomic E-state index is 12.2. The maximum atomic E-state index is 12.2. The van der Waals surface area contributed by atoms with E-state index in [1.165, 1.54) is 5.56 Å². The number of nitrogens with zero attached hydrogens (tertiary/aromatic N) is 2. The number of piperazine rings is 1. The molecule has 1 aliphatic heterocycles. The average Bonchev–Trinajstić information content (AvgIpc) is 2.60. The van der Waals surface area contributed by atoms with Crippen molar-refractivity contribution in [2.45, 2.75) is 26.8 Å². The molecule has 5 nitrogen and oxygen atoms in total. The summed E-state index contributed by atoms with van der Waals surface area (Å²) in [4.78, 5) is 28.1. The molecule has 0 aliphatic carbocycles. The smallest absolute Gasteiger partial charge is 0.242 e. The van der Waals surface area contributed by atoms with Crippen LogP contribution >= 0.6 is 0 Å². The molecule has 5 heteroatoms. The van der Waals surface area contributed by atoms with E-state index in [0.29, 0.717) is 0 Å². The number of carbonyl (C=O) groups excluding carboxylic acids is 2. The first-order valence-corrected chi connectivity index (χ1v) is 8.42. The van der Waals surface area contributed by atoms with Crippen LogP contribution in [0.2, 0.25) is 0 Å². The summed E-state index contributed by atoms with van der Waals surface area (Å²) in [5.74, 6) is -0.0601. The van der Waals surface area contributed by atoms with Gasteiger partial charge in [-0.3, -0.25) is 14.5 Å². The monoisotopic (exact) mass is 317 g/mol. The van der Waals surface area contributed by atoms with Crippen molar-refractivity contribution in [1.82, 2.24) is 15.1 Å². The molecule has 1 fully saturated rings. The van der Waals surface area contributed by atoms with Gasteiger partial charge in [0.05, 0.1) is 6.54 Å². The first kappa shape index (κ1) is 17.5. The van der Waals surface area contributed by atoms with Crippen LogP contribution in [0.5, 0.6) is 0 Å². The van der Waals surface area contributed by atoms with Crippen molar-refractivity contribution in [1.29, 1.82) is 0 Å². The van der Waals surface area contributed by atoms with E-state index in [0.717, 1.165) is 39.1 Å². The quantitative estimate of drug-likeness (QED) is 0.865. The summed E-state index contributed by atoms with van der Waals surface area (Å²) in [6.07, 6.45) is 0.790. The minimum atomic E-state index is -0.0384. The fourth-order valence-corrected chi connectivity index (χ4v) is 2.63. The Morgan fingerprint density at radius 1 is 1.13 bits per heavy atom. The Labute approximate surface area is 138 Å². The van der Waals surface area contributed by atoms with Gasteiger partial charge in [-0.05, 0) is 12.0 Å². The fourth-order valence-electron chi connectivity index (χ4n) is 2.63. The first-order chi connectivity index (χ1) is 11.1. The van der Waals surface area contributed by atoms with Crippen molar-refractivity contribution in [3.05, 3.63) is 35.9 Å². The van der Waals surface area contributed by atoms with E-state index < -0.39 is 0 Å². The van der Waals surface area contributed by atoms with Gasteiger partial charge in [-0.1, -0.05) is 44.2 Å². The van der Waals surface area contributed by atoms with Crippen LogP contribution in [0.15, 0.2) is 30.3 Å². The van der Waals surface area contributed by atoms with Crippen LogP contribution in [0.3, 0.4) is 0 Å². The van der Waals surface area contributed by atoms with Gasteiger partial charge in [-0.25, -0.2) is 0 Å². The number of nitrogens with one attached hydrogen (secondary N) is 1. The van der Waals surface area contributed by atoms with Gasteiger partial charge in [0.2, 0.25) is 11.8 Å². The summed E-state index contributed by atoms with van der Waals surface area (Å²) in [5.41, 5.74) is 1.30. The topological polar surface area (TPSA) is 52.7 Å². The van der Waals surface area contributed by atoms with Crippen molar-refractivity contribution in [3.63, 3.8) is 0 Å². The molecule has 0 saturated carbocycles. The van der Waals surface area contributed by atoms with E-state index in [4.69, 9.17) is 0 Å². The molecule has 0 unspecified atom stereocenters. The molecule has 1 aromatic carbocycles. The van der Waals surface area contributed by atoms with E-state index in [1.807, 2.05) is 24.8 Å². The van der Waals surface area contributed by atoms with Crippen molar-refractivity contribution in [2.24, 2.45) is 5.92 Å². The molecule has 2 rings (SSSR count). The summed E-state index contributed by atoms with van der Waals surface area (Å²) in [5, 5.41) is 2.74. The van der Waals surface area contributed by atoms with E-state index in [1.54, 1.807) is 0 Å². The largest absolute Gasteiger partial charge is 0.347 e. The maximum Gasteiger partial charge on any atom is 0.242 e. The average molecular weight is 317 g/mol. The molecule has 0 aromatic heterocycles. The van der Waals surface area contributed by atoms with Crippen molar-refractivity contribution in [3.8, 4) is 0 Å². The molecule has 23 heavy (non-hydrogen) atoms. The lowest BCUT2D eigenvalue weighted by molar-refractivity contribution is -0.135. The number of amides is 2. The lowest BCUT2D eigenvalue weighted by atomic mass is 10.1. The van der Waals surface area contributed by atoms with Crippen LogP contribution in [0.25, 0.3) is 0 Å². The minimum absolute atomic E-state index is 0.0148. The highest BCUT2D eigenvalue weighted by atomic mass is 16.2.